The Balaban J connectivity index is 1.82. The molecule has 7 heteroatoms. The second-order valence-corrected chi connectivity index (χ2v) is 5.30. The number of carbonyl (C=O) groups is 2. The highest BCUT2D eigenvalue weighted by molar-refractivity contribution is 6.00. The van der Waals surface area contributed by atoms with Crippen molar-refractivity contribution in [2.45, 2.75) is 18.6 Å². The number of nitrogens with one attached hydrogen (secondary N) is 1. The molecule has 3 amide bonds. The van der Waals surface area contributed by atoms with Crippen LogP contribution in [0.5, 0.6) is 5.75 Å². The summed E-state index contributed by atoms with van der Waals surface area (Å²) < 4.78 is 5.85. The van der Waals surface area contributed by atoms with E-state index in [1.807, 2.05) is 30.3 Å². The van der Waals surface area contributed by atoms with Gasteiger partial charge in [0.15, 0.2) is 0 Å². The minimum absolute atomic E-state index is 0.225. The van der Waals surface area contributed by atoms with Gasteiger partial charge in [-0.05, 0) is 19.2 Å². The highest BCUT2D eigenvalue weighted by Crippen LogP contribution is 2.26. The molecule has 3 unspecified atom stereocenters. The van der Waals surface area contributed by atoms with Gasteiger partial charge in [-0.1, -0.05) is 18.2 Å². The van der Waals surface area contributed by atoms with Gasteiger partial charge in [-0.2, -0.15) is 0 Å². The Bertz CT molecular complexity index is 565. The molecule has 0 radical (unpaired) electrons. The highest BCUT2D eigenvalue weighted by atomic mass is 16.5. The summed E-state index contributed by atoms with van der Waals surface area (Å²) in [4.78, 5) is 28.8. The topological polar surface area (TPSA) is 65.1 Å². The van der Waals surface area contributed by atoms with Crippen molar-refractivity contribution in [1.82, 2.24) is 20.0 Å². The van der Waals surface area contributed by atoms with Crippen LogP contribution in [0.25, 0.3) is 0 Å². The van der Waals surface area contributed by atoms with E-state index in [1.54, 1.807) is 19.0 Å². The fourth-order valence-corrected chi connectivity index (χ4v) is 2.75. The van der Waals surface area contributed by atoms with Crippen LogP contribution < -0.4 is 10.1 Å². The Kier molecular flexibility index (Phi) is 3.30. The molecule has 21 heavy (non-hydrogen) atoms. The van der Waals surface area contributed by atoms with Crippen LogP contribution in [-0.4, -0.2) is 66.3 Å². The normalized spacial score (nSPS) is 29.8. The van der Waals surface area contributed by atoms with Crippen LogP contribution in [-0.2, 0) is 4.79 Å². The molecule has 0 aliphatic carbocycles. The van der Waals surface area contributed by atoms with Gasteiger partial charge < -0.3 is 9.64 Å². The zero-order valence-electron chi connectivity index (χ0n) is 12.2. The second kappa shape index (κ2) is 5.01. The number of urea groups is 1. The number of amides is 3. The Morgan fingerprint density at radius 3 is 2.43 bits per heavy atom. The van der Waals surface area contributed by atoms with Crippen LogP contribution in [0.2, 0.25) is 0 Å². The summed E-state index contributed by atoms with van der Waals surface area (Å²) in [5.41, 5.74) is 0. The number of benzene rings is 1. The lowest BCUT2D eigenvalue weighted by molar-refractivity contribution is -0.137. The summed E-state index contributed by atoms with van der Waals surface area (Å²) in [5, 5.41) is 3.18. The number of likely N-dealkylation sites (N-methyl/N-ethyl adjacent to an activating group) is 3. The Morgan fingerprint density at radius 1 is 1.10 bits per heavy atom. The number of ether oxygens (including phenoxy) is 1. The number of nitrogens with zero attached hydrogens (tertiary/aromatic N) is 3. The first-order valence-corrected chi connectivity index (χ1v) is 6.75. The molecule has 1 N–H and O–H groups in total. The van der Waals surface area contributed by atoms with Crippen molar-refractivity contribution < 1.29 is 14.3 Å². The minimum Gasteiger partial charge on any atom is -0.462 e. The molecule has 2 aliphatic heterocycles. The van der Waals surface area contributed by atoms with Gasteiger partial charge in [-0.15, -0.1) is 0 Å². The summed E-state index contributed by atoms with van der Waals surface area (Å²) in [6.45, 7) is 0. The molecule has 3 rings (SSSR count). The summed E-state index contributed by atoms with van der Waals surface area (Å²) >= 11 is 0. The van der Waals surface area contributed by atoms with E-state index in [4.69, 9.17) is 4.74 Å². The lowest BCUT2D eigenvalue weighted by Crippen LogP contribution is -2.64. The number of fused-ring (bicyclic) bond motifs is 1. The average molecular weight is 290 g/mol. The largest absolute Gasteiger partial charge is 0.462 e. The van der Waals surface area contributed by atoms with E-state index < -0.39 is 12.4 Å². The molecular formula is C14H18N4O3. The third-order valence-corrected chi connectivity index (χ3v) is 4.00. The predicted molar refractivity (Wildman–Crippen MR) is 75.3 cm³/mol. The zero-order valence-corrected chi connectivity index (χ0v) is 12.2. The van der Waals surface area contributed by atoms with Crippen molar-refractivity contribution >= 4 is 11.9 Å². The molecule has 2 heterocycles. The first-order valence-electron chi connectivity index (χ1n) is 6.75. The Hall–Kier alpha value is -2.12. The standard InChI is InChI=1S/C14H18N4O3/c1-16-10-11(17(2)14(20)18(3)12(10)19)15-13(16)21-9-7-5-4-6-8-9/h4-8,10-11,13,15H,1-3H3. The van der Waals surface area contributed by atoms with E-state index in [2.05, 4.69) is 5.32 Å². The molecule has 7 nitrogen and oxygen atoms in total. The third kappa shape index (κ3) is 2.14. The van der Waals surface area contributed by atoms with E-state index >= 15 is 0 Å². The number of carbonyl (C=O) groups excluding carboxylic acids is 2. The number of hydrogen-bond donors (Lipinski definition) is 1. The smallest absolute Gasteiger partial charge is 0.327 e. The van der Waals surface area contributed by atoms with Crippen LogP contribution in [0.1, 0.15) is 0 Å². The van der Waals surface area contributed by atoms with Crippen molar-refractivity contribution in [3.63, 3.8) is 0 Å². The lowest BCUT2D eigenvalue weighted by Gasteiger charge is -2.38. The molecule has 3 atom stereocenters. The second-order valence-electron chi connectivity index (χ2n) is 5.30. The van der Waals surface area contributed by atoms with Gasteiger partial charge in [-0.3, -0.25) is 9.69 Å². The Labute approximate surface area is 123 Å². The molecule has 0 aromatic heterocycles. The zero-order chi connectivity index (χ0) is 15.1. The van der Waals surface area contributed by atoms with Gasteiger partial charge in [0.25, 0.3) is 5.91 Å². The third-order valence-electron chi connectivity index (χ3n) is 4.00. The van der Waals surface area contributed by atoms with Crippen molar-refractivity contribution in [3.8, 4) is 5.75 Å². The molecule has 0 spiro atoms. The molecule has 0 bridgehead atoms. The van der Waals surface area contributed by atoms with Crippen molar-refractivity contribution in [2.75, 3.05) is 21.1 Å². The van der Waals surface area contributed by atoms with Gasteiger partial charge in [0.2, 0.25) is 6.35 Å². The fourth-order valence-electron chi connectivity index (χ4n) is 2.75. The van der Waals surface area contributed by atoms with Gasteiger partial charge in [0.05, 0.1) is 0 Å². The lowest BCUT2D eigenvalue weighted by atomic mass is 10.1. The van der Waals surface area contributed by atoms with E-state index in [0.29, 0.717) is 5.75 Å². The van der Waals surface area contributed by atoms with Crippen LogP contribution in [0.15, 0.2) is 30.3 Å². The predicted octanol–water partition coefficient (Wildman–Crippen LogP) is 0.103. The quantitative estimate of drug-likeness (QED) is 0.837. The first kappa shape index (κ1) is 13.8. The number of para-hydroxylation sites is 1. The molecular weight excluding hydrogens is 272 g/mol. The molecule has 2 fully saturated rings. The van der Waals surface area contributed by atoms with E-state index in [0.717, 1.165) is 4.90 Å². The van der Waals surface area contributed by atoms with Gasteiger partial charge >= 0.3 is 6.03 Å². The monoisotopic (exact) mass is 290 g/mol. The molecule has 0 saturated carbocycles. The van der Waals surface area contributed by atoms with Crippen LogP contribution >= 0.6 is 0 Å². The minimum atomic E-state index is -0.465. The highest BCUT2D eigenvalue weighted by Gasteiger charge is 2.52. The fraction of sp³-hybridized carbons (Fsp3) is 0.429. The first-order chi connectivity index (χ1) is 10.0. The summed E-state index contributed by atoms with van der Waals surface area (Å²) in [5.74, 6) is 0.479. The van der Waals surface area contributed by atoms with E-state index in [-0.39, 0.29) is 18.1 Å². The molecule has 1 aromatic carbocycles. The molecule has 2 saturated heterocycles. The maximum absolute atomic E-state index is 12.3. The van der Waals surface area contributed by atoms with Gasteiger partial charge in [-0.25, -0.2) is 15.0 Å². The number of hydrogen-bond acceptors (Lipinski definition) is 5. The van der Waals surface area contributed by atoms with Gasteiger partial charge in [0.1, 0.15) is 18.0 Å². The molecule has 1 aromatic rings. The van der Waals surface area contributed by atoms with Crippen LogP contribution in [0.4, 0.5) is 4.79 Å². The number of rotatable bonds is 2. The van der Waals surface area contributed by atoms with Crippen molar-refractivity contribution in [3.05, 3.63) is 30.3 Å². The van der Waals surface area contributed by atoms with E-state index in [9.17, 15) is 9.59 Å². The maximum atomic E-state index is 12.3. The van der Waals surface area contributed by atoms with Gasteiger partial charge in [0, 0.05) is 14.1 Å². The van der Waals surface area contributed by atoms with Crippen LogP contribution in [0.3, 0.4) is 0 Å². The van der Waals surface area contributed by atoms with Crippen molar-refractivity contribution in [1.29, 1.82) is 0 Å². The van der Waals surface area contributed by atoms with E-state index in [1.165, 1.54) is 11.9 Å². The summed E-state index contributed by atoms with van der Waals surface area (Å²) in [7, 11) is 4.98. The molecule has 112 valence electrons. The summed E-state index contributed by atoms with van der Waals surface area (Å²) in [6.07, 6.45) is -0.854. The van der Waals surface area contributed by atoms with Crippen LogP contribution in [0, 0.1) is 0 Å². The summed E-state index contributed by atoms with van der Waals surface area (Å²) in [6, 6.07) is 8.59. The SMILES string of the molecule is CN1C(=O)C2C(NC(Oc3ccccc3)N2C)N(C)C1=O. The van der Waals surface area contributed by atoms with Crippen molar-refractivity contribution in [2.24, 2.45) is 0 Å². The average Bonchev–Trinajstić information content (AvgIpc) is 2.81. The Morgan fingerprint density at radius 2 is 1.76 bits per heavy atom. The molecule has 2 aliphatic rings. The number of imide groups is 1. The maximum Gasteiger partial charge on any atom is 0.327 e.